The van der Waals surface area contributed by atoms with E-state index in [-0.39, 0.29) is 43.4 Å². The maximum Gasteiger partial charge on any atom is 0.319 e. The zero-order chi connectivity index (χ0) is 44.6. The third-order valence-electron chi connectivity index (χ3n) is 10.7. The lowest BCUT2D eigenvalue weighted by atomic mass is 10.0. The molecule has 2 aromatic heterocycles. The number of carbonyl (C=O) groups excluding carboxylic acids is 1. The molecule has 322 valence electrons. The van der Waals surface area contributed by atoms with Crippen molar-refractivity contribution in [2.24, 2.45) is 0 Å². The molecular formula is C49H48N6O6S2. The SMILES string of the molecule is [C-]#[N+]c1cc(-c2ncc(-c3cccc4c3CC[C@H]4NCC(=O)O)s2)ccc1OC(C)C.[C-]#[N+]c1cc(-c2ncc(-c3cccc4c3CC[C@H]4NCC(=O)OC)s2)ccc1OC(C)C. The normalized spacial score (nSPS) is 14.9. The topological polar surface area (TPSA) is 141 Å². The molecule has 0 aliphatic heterocycles. The number of carboxylic acids is 1. The number of thiazole rings is 2. The van der Waals surface area contributed by atoms with Gasteiger partial charge >= 0.3 is 11.9 Å². The van der Waals surface area contributed by atoms with Crippen LogP contribution in [0.1, 0.15) is 74.9 Å². The molecule has 0 spiro atoms. The third kappa shape index (κ3) is 10.4. The molecular weight excluding hydrogens is 833 g/mol. The van der Waals surface area contributed by atoms with Crippen LogP contribution < -0.4 is 20.1 Å². The van der Waals surface area contributed by atoms with E-state index in [9.17, 15) is 9.59 Å². The number of esters is 1. The molecule has 0 fully saturated rings. The van der Waals surface area contributed by atoms with E-state index in [0.29, 0.717) is 22.9 Å². The highest BCUT2D eigenvalue weighted by Gasteiger charge is 2.27. The Morgan fingerprint density at radius 1 is 0.730 bits per heavy atom. The first kappa shape index (κ1) is 44.6. The fraction of sp³-hybridized carbons (Fsp3) is 0.306. The van der Waals surface area contributed by atoms with Crippen LogP contribution in [-0.2, 0) is 27.2 Å². The molecule has 3 N–H and O–H groups in total. The van der Waals surface area contributed by atoms with E-state index in [1.807, 2.05) is 82.6 Å². The van der Waals surface area contributed by atoms with Crippen LogP contribution >= 0.6 is 22.7 Å². The molecule has 0 saturated heterocycles. The van der Waals surface area contributed by atoms with Gasteiger partial charge in [-0.15, -0.1) is 22.7 Å². The molecule has 2 aliphatic carbocycles. The molecule has 0 bridgehead atoms. The summed E-state index contributed by atoms with van der Waals surface area (Å²) >= 11 is 3.21. The van der Waals surface area contributed by atoms with Gasteiger partial charge in [0.15, 0.2) is 0 Å². The fourth-order valence-corrected chi connectivity index (χ4v) is 9.86. The number of benzene rings is 4. The van der Waals surface area contributed by atoms with Gasteiger partial charge in [0.2, 0.25) is 11.4 Å². The van der Waals surface area contributed by atoms with Crippen LogP contribution in [0.25, 0.3) is 51.7 Å². The van der Waals surface area contributed by atoms with Crippen LogP contribution in [0.4, 0.5) is 11.4 Å². The van der Waals surface area contributed by atoms with Crippen LogP contribution in [0.15, 0.2) is 85.2 Å². The van der Waals surface area contributed by atoms with Crippen LogP contribution in [0, 0.1) is 13.1 Å². The molecule has 2 heterocycles. The molecule has 0 radical (unpaired) electrons. The summed E-state index contributed by atoms with van der Waals surface area (Å²) in [6.45, 7) is 22.9. The fourth-order valence-electron chi connectivity index (χ4n) is 7.93. The zero-order valence-electron chi connectivity index (χ0n) is 35.7. The van der Waals surface area contributed by atoms with Gasteiger partial charge in [-0.3, -0.25) is 9.59 Å². The average Bonchev–Trinajstić information content (AvgIpc) is 4.12. The van der Waals surface area contributed by atoms with Crippen molar-refractivity contribution in [3.63, 3.8) is 0 Å². The van der Waals surface area contributed by atoms with Gasteiger partial charge in [-0.25, -0.2) is 19.7 Å². The van der Waals surface area contributed by atoms with Gasteiger partial charge < -0.3 is 30.0 Å². The highest BCUT2D eigenvalue weighted by atomic mass is 32.1. The van der Waals surface area contributed by atoms with Gasteiger partial charge in [0, 0.05) is 35.6 Å². The minimum atomic E-state index is -0.847. The first-order valence-electron chi connectivity index (χ1n) is 20.7. The van der Waals surface area contributed by atoms with E-state index in [4.69, 9.17) is 32.5 Å². The highest BCUT2D eigenvalue weighted by molar-refractivity contribution is 7.18. The smallest absolute Gasteiger partial charge is 0.319 e. The number of methoxy groups -OCH3 is 1. The molecule has 12 nitrogen and oxygen atoms in total. The summed E-state index contributed by atoms with van der Waals surface area (Å²) < 4.78 is 16.2. The van der Waals surface area contributed by atoms with Crippen molar-refractivity contribution in [3.05, 3.63) is 130 Å². The summed E-state index contributed by atoms with van der Waals surface area (Å²) in [6, 6.07) is 24.0. The number of nitrogens with zero attached hydrogens (tertiary/aromatic N) is 4. The first-order valence-corrected chi connectivity index (χ1v) is 22.4. The van der Waals surface area contributed by atoms with Crippen LogP contribution in [0.3, 0.4) is 0 Å². The van der Waals surface area contributed by atoms with Crippen molar-refractivity contribution < 1.29 is 28.9 Å². The maximum atomic E-state index is 11.5. The summed E-state index contributed by atoms with van der Waals surface area (Å²) in [5, 5.41) is 17.1. The predicted molar refractivity (Wildman–Crippen MR) is 248 cm³/mol. The quantitative estimate of drug-likeness (QED) is 0.0715. The van der Waals surface area contributed by atoms with Gasteiger partial charge in [-0.05, 0) is 111 Å². The number of hydrogen-bond donors (Lipinski definition) is 3. The zero-order valence-corrected chi connectivity index (χ0v) is 37.4. The molecule has 2 aliphatic rings. The van der Waals surface area contributed by atoms with Crippen molar-refractivity contribution in [2.45, 2.75) is 77.7 Å². The lowest BCUT2D eigenvalue weighted by molar-refractivity contribution is -0.139. The molecule has 2 atom stereocenters. The summed E-state index contributed by atoms with van der Waals surface area (Å²) in [6.07, 6.45) is 7.48. The van der Waals surface area contributed by atoms with E-state index in [1.165, 1.54) is 34.9 Å². The van der Waals surface area contributed by atoms with E-state index >= 15 is 0 Å². The molecule has 63 heavy (non-hydrogen) atoms. The predicted octanol–water partition coefficient (Wildman–Crippen LogP) is 11.0. The number of rotatable bonds is 14. The molecule has 14 heteroatoms. The van der Waals surface area contributed by atoms with Crippen molar-refractivity contribution in [1.29, 1.82) is 0 Å². The Morgan fingerprint density at radius 3 is 1.60 bits per heavy atom. The Bertz CT molecular complexity index is 2710. The van der Waals surface area contributed by atoms with Gasteiger partial charge in [0.25, 0.3) is 0 Å². The number of fused-ring (bicyclic) bond motifs is 2. The van der Waals surface area contributed by atoms with Crippen molar-refractivity contribution >= 4 is 46.0 Å². The van der Waals surface area contributed by atoms with Crippen LogP contribution in [0.5, 0.6) is 11.5 Å². The number of ether oxygens (including phenoxy) is 3. The largest absolute Gasteiger partial charge is 0.502 e. The Hall–Kier alpha value is -6.42. The number of aromatic nitrogens is 2. The summed E-state index contributed by atoms with van der Waals surface area (Å²) in [5.41, 5.74) is 10.1. The Labute approximate surface area is 375 Å². The monoisotopic (exact) mass is 880 g/mol. The number of hydrogen-bond acceptors (Lipinski definition) is 11. The highest BCUT2D eigenvalue weighted by Crippen LogP contribution is 2.44. The third-order valence-corrected chi connectivity index (χ3v) is 12.8. The minimum Gasteiger partial charge on any atom is -0.502 e. The minimum absolute atomic E-state index is 0.00630. The number of nitrogens with one attached hydrogen (secondary N) is 2. The lowest BCUT2D eigenvalue weighted by Gasteiger charge is -2.14. The van der Waals surface area contributed by atoms with Gasteiger partial charge in [-0.1, -0.05) is 48.5 Å². The molecule has 4 aromatic carbocycles. The summed E-state index contributed by atoms with van der Waals surface area (Å²) in [7, 11) is 1.40. The summed E-state index contributed by atoms with van der Waals surface area (Å²) in [5.74, 6) is 0.0822. The van der Waals surface area contributed by atoms with Gasteiger partial charge in [0.05, 0.1) is 55.3 Å². The van der Waals surface area contributed by atoms with Crippen LogP contribution in [-0.4, -0.2) is 59.4 Å². The molecule has 0 amide bonds. The number of carbonyl (C=O) groups is 2. The molecule has 8 rings (SSSR count). The molecule has 6 aromatic rings. The van der Waals surface area contributed by atoms with Gasteiger partial charge in [0.1, 0.15) is 21.5 Å². The Morgan fingerprint density at radius 2 is 1.19 bits per heavy atom. The number of aliphatic carboxylic acids is 1. The van der Waals surface area contributed by atoms with E-state index in [1.54, 1.807) is 22.7 Å². The van der Waals surface area contributed by atoms with Crippen LogP contribution in [0.2, 0.25) is 0 Å². The first-order chi connectivity index (χ1) is 30.5. The van der Waals surface area contributed by atoms with Crippen molar-refractivity contribution in [2.75, 3.05) is 20.2 Å². The molecule has 0 saturated carbocycles. The summed E-state index contributed by atoms with van der Waals surface area (Å²) in [4.78, 5) is 41.1. The number of carboxylic acid groups (broad SMARTS) is 1. The molecule has 0 unspecified atom stereocenters. The van der Waals surface area contributed by atoms with E-state index < -0.39 is 5.97 Å². The second kappa shape index (κ2) is 20.2. The van der Waals surface area contributed by atoms with Crippen molar-refractivity contribution in [1.82, 2.24) is 20.6 Å². The average molecular weight is 881 g/mol. The van der Waals surface area contributed by atoms with E-state index in [0.717, 1.165) is 62.1 Å². The second-order valence-electron chi connectivity index (χ2n) is 15.6. The standard InChI is InChI=1S/C25H25N3O3S.C24H23N3O3S/c1-15(2)31-22-11-8-16(12-21(22)26-3)25-28-13-23(32-25)19-7-5-6-18-17(19)9-10-20(18)27-14-24(29)30-4;1-14(2)30-21-10-7-15(11-20(21)25-3)24-27-12-22(31-24)18-6-4-5-17-16(18)8-9-19(17)26-13-23(28)29/h5-8,11-13,15,20,27H,9-10,14H2,1-2,4H3;4-7,10-12,14,19,26H,8-9,13H2,1-2H3,(H,28,29)/t20-;19-/m11/s1. The van der Waals surface area contributed by atoms with Gasteiger partial charge in [-0.2, -0.15) is 0 Å². The Kier molecular flexibility index (Phi) is 14.3. The maximum absolute atomic E-state index is 11.5. The lowest BCUT2D eigenvalue weighted by Crippen LogP contribution is -2.27. The Balaban J connectivity index is 0.000000189. The van der Waals surface area contributed by atoms with E-state index in [2.05, 4.69) is 60.6 Å². The van der Waals surface area contributed by atoms with Crippen molar-refractivity contribution in [3.8, 4) is 53.5 Å². The second-order valence-corrected chi connectivity index (χ2v) is 17.7.